The Morgan fingerprint density at radius 1 is 0.742 bits per heavy atom. The molecule has 10 heteroatoms. The molecule has 0 aliphatic rings. The minimum Gasteiger partial charge on any atom is -0.383 e. The summed E-state index contributed by atoms with van der Waals surface area (Å²) in [5.74, 6) is 0.695. The number of benzene rings is 2. The molecule has 1 aromatic heterocycles. The lowest BCUT2D eigenvalue weighted by Gasteiger charge is -2.14. The minimum atomic E-state index is -3.58. The summed E-state index contributed by atoms with van der Waals surface area (Å²) in [7, 11) is -3.58. The molecule has 1 heterocycles. The second kappa shape index (κ2) is 11.2. The first kappa shape index (κ1) is 23.1. The topological polar surface area (TPSA) is 95.2 Å². The molecule has 2 aromatic carbocycles. The third kappa shape index (κ3) is 7.29. The van der Waals surface area contributed by atoms with Gasteiger partial charge in [-0.1, -0.05) is 23.2 Å². The molecule has 0 amide bonds. The van der Waals surface area contributed by atoms with Gasteiger partial charge in [-0.05, 0) is 60.7 Å². The monoisotopic (exact) mass is 479 g/mol. The Morgan fingerprint density at radius 2 is 1.35 bits per heavy atom. The highest BCUT2D eigenvalue weighted by atomic mass is 35.5. The highest BCUT2D eigenvalue weighted by molar-refractivity contribution is 7.89. The van der Waals surface area contributed by atoms with Crippen molar-refractivity contribution >= 4 is 50.4 Å². The van der Waals surface area contributed by atoms with Crippen LogP contribution in [-0.4, -0.2) is 39.6 Å². The van der Waals surface area contributed by atoms with E-state index in [1.807, 2.05) is 36.4 Å². The Bertz CT molecular complexity index is 1080. The zero-order valence-electron chi connectivity index (χ0n) is 16.6. The number of pyridine rings is 1. The summed E-state index contributed by atoms with van der Waals surface area (Å²) in [6, 6.07) is 17.2. The molecule has 0 aliphatic carbocycles. The zero-order chi connectivity index (χ0) is 22.1. The van der Waals surface area contributed by atoms with Crippen LogP contribution in [0, 0.1) is 0 Å². The van der Waals surface area contributed by atoms with Gasteiger partial charge in [0.25, 0.3) is 0 Å². The molecule has 0 bridgehead atoms. The second-order valence-corrected chi connectivity index (χ2v) is 9.18. The van der Waals surface area contributed by atoms with Crippen LogP contribution >= 0.6 is 23.2 Å². The number of rotatable bonds is 11. The van der Waals surface area contributed by atoms with E-state index in [0.29, 0.717) is 35.5 Å². The number of halogens is 2. The summed E-state index contributed by atoms with van der Waals surface area (Å²) in [4.78, 5) is 4.52. The largest absolute Gasteiger partial charge is 0.383 e. The van der Waals surface area contributed by atoms with Crippen LogP contribution in [0.1, 0.15) is 0 Å². The van der Waals surface area contributed by atoms with E-state index in [1.54, 1.807) is 18.3 Å². The van der Waals surface area contributed by atoms with Crippen molar-refractivity contribution in [3.8, 4) is 0 Å². The molecule has 4 N–H and O–H groups in total. The summed E-state index contributed by atoms with van der Waals surface area (Å²) in [6.07, 6.45) is 1.70. The van der Waals surface area contributed by atoms with Gasteiger partial charge in [0.05, 0.1) is 10.6 Å². The van der Waals surface area contributed by atoms with E-state index < -0.39 is 10.0 Å². The van der Waals surface area contributed by atoms with Gasteiger partial charge in [0.15, 0.2) is 0 Å². The average molecular weight is 480 g/mol. The summed E-state index contributed by atoms with van der Waals surface area (Å²) in [6.45, 7) is 1.96. The summed E-state index contributed by atoms with van der Waals surface area (Å²) in [5.41, 5.74) is 1.78. The standard InChI is InChI=1S/C21H23Cl2N5O2S/c22-16-3-7-18(8-4-16)24-12-13-27-21-20(2-1-11-26-21)25-14-15-28-31(29,30)19-9-5-17(23)6-10-19/h1-11,24-25,28H,12-15H2,(H,26,27). The molecule has 31 heavy (non-hydrogen) atoms. The average Bonchev–Trinajstić information content (AvgIpc) is 2.76. The van der Waals surface area contributed by atoms with Gasteiger partial charge < -0.3 is 16.0 Å². The van der Waals surface area contributed by atoms with Crippen LogP contribution in [0.4, 0.5) is 17.2 Å². The third-order valence-electron chi connectivity index (χ3n) is 4.25. The normalized spacial score (nSPS) is 11.2. The highest BCUT2D eigenvalue weighted by Crippen LogP contribution is 2.18. The van der Waals surface area contributed by atoms with Gasteiger partial charge in [-0.2, -0.15) is 0 Å². The maximum atomic E-state index is 12.3. The maximum Gasteiger partial charge on any atom is 0.240 e. The smallest absolute Gasteiger partial charge is 0.240 e. The number of sulfonamides is 1. The van der Waals surface area contributed by atoms with Gasteiger partial charge in [0, 0.05) is 48.1 Å². The third-order valence-corrected chi connectivity index (χ3v) is 6.24. The molecule has 0 saturated carbocycles. The van der Waals surface area contributed by atoms with Crippen LogP contribution in [0.2, 0.25) is 10.0 Å². The van der Waals surface area contributed by atoms with Crippen molar-refractivity contribution in [3.05, 3.63) is 76.9 Å². The van der Waals surface area contributed by atoms with E-state index in [0.717, 1.165) is 11.4 Å². The predicted octanol–water partition coefficient (Wildman–Crippen LogP) is 4.30. The first-order valence-electron chi connectivity index (χ1n) is 9.61. The quantitative estimate of drug-likeness (QED) is 0.306. The van der Waals surface area contributed by atoms with E-state index in [1.165, 1.54) is 12.1 Å². The van der Waals surface area contributed by atoms with Gasteiger partial charge in [-0.15, -0.1) is 0 Å². The number of nitrogens with one attached hydrogen (secondary N) is 4. The predicted molar refractivity (Wildman–Crippen MR) is 128 cm³/mol. The molecule has 0 unspecified atom stereocenters. The van der Waals surface area contributed by atoms with Gasteiger partial charge in [0.2, 0.25) is 10.0 Å². The van der Waals surface area contributed by atoms with Crippen molar-refractivity contribution in [2.75, 3.05) is 42.1 Å². The SMILES string of the molecule is O=S(=O)(NCCNc1cccnc1NCCNc1ccc(Cl)cc1)c1ccc(Cl)cc1. The Kier molecular flexibility index (Phi) is 8.36. The molecule has 164 valence electrons. The van der Waals surface area contributed by atoms with Crippen LogP contribution in [-0.2, 0) is 10.0 Å². The van der Waals surface area contributed by atoms with Crippen LogP contribution < -0.4 is 20.7 Å². The van der Waals surface area contributed by atoms with Crippen LogP contribution in [0.25, 0.3) is 0 Å². The Hall–Kier alpha value is -2.52. The Labute approximate surface area is 192 Å². The van der Waals surface area contributed by atoms with E-state index >= 15 is 0 Å². The number of hydrogen-bond acceptors (Lipinski definition) is 6. The molecule has 7 nitrogen and oxygen atoms in total. The summed E-state index contributed by atoms with van der Waals surface area (Å²) >= 11 is 11.7. The molecule has 0 fully saturated rings. The number of anilines is 3. The minimum absolute atomic E-state index is 0.175. The Balaban J connectivity index is 1.44. The van der Waals surface area contributed by atoms with Crippen molar-refractivity contribution in [1.29, 1.82) is 0 Å². The van der Waals surface area contributed by atoms with Crippen molar-refractivity contribution in [2.24, 2.45) is 0 Å². The lowest BCUT2D eigenvalue weighted by molar-refractivity contribution is 0.583. The summed E-state index contributed by atoms with van der Waals surface area (Å²) in [5, 5.41) is 11.0. The van der Waals surface area contributed by atoms with Crippen molar-refractivity contribution in [1.82, 2.24) is 9.71 Å². The van der Waals surface area contributed by atoms with Crippen LogP contribution in [0.3, 0.4) is 0 Å². The maximum absolute atomic E-state index is 12.3. The fourth-order valence-electron chi connectivity index (χ4n) is 2.72. The number of hydrogen-bond donors (Lipinski definition) is 4. The highest BCUT2D eigenvalue weighted by Gasteiger charge is 2.13. The van der Waals surface area contributed by atoms with E-state index in [-0.39, 0.29) is 11.4 Å². The van der Waals surface area contributed by atoms with Crippen molar-refractivity contribution in [3.63, 3.8) is 0 Å². The molecular formula is C21H23Cl2N5O2S. The first-order valence-corrected chi connectivity index (χ1v) is 11.9. The zero-order valence-corrected chi connectivity index (χ0v) is 18.9. The van der Waals surface area contributed by atoms with Gasteiger partial charge in [0.1, 0.15) is 5.82 Å². The fourth-order valence-corrected chi connectivity index (χ4v) is 4.01. The molecule has 3 aromatic rings. The first-order chi connectivity index (χ1) is 14.9. The summed E-state index contributed by atoms with van der Waals surface area (Å²) < 4.78 is 27.2. The fraction of sp³-hybridized carbons (Fsp3) is 0.190. The Morgan fingerprint density at radius 3 is 2.06 bits per heavy atom. The number of aromatic nitrogens is 1. The van der Waals surface area contributed by atoms with Crippen molar-refractivity contribution < 1.29 is 8.42 Å². The molecule has 3 rings (SSSR count). The molecular weight excluding hydrogens is 457 g/mol. The van der Waals surface area contributed by atoms with E-state index in [9.17, 15) is 8.42 Å². The van der Waals surface area contributed by atoms with Gasteiger partial charge in [-0.3, -0.25) is 0 Å². The molecule has 0 aliphatic heterocycles. The molecule has 0 radical (unpaired) electrons. The van der Waals surface area contributed by atoms with E-state index in [2.05, 4.69) is 25.7 Å². The van der Waals surface area contributed by atoms with Crippen molar-refractivity contribution in [2.45, 2.75) is 4.90 Å². The van der Waals surface area contributed by atoms with Gasteiger partial charge >= 0.3 is 0 Å². The molecule has 0 atom stereocenters. The van der Waals surface area contributed by atoms with Gasteiger partial charge in [-0.25, -0.2) is 18.1 Å². The molecule has 0 saturated heterocycles. The number of nitrogens with zero attached hydrogens (tertiary/aromatic N) is 1. The van der Waals surface area contributed by atoms with E-state index in [4.69, 9.17) is 23.2 Å². The lowest BCUT2D eigenvalue weighted by Crippen LogP contribution is -2.29. The second-order valence-electron chi connectivity index (χ2n) is 6.54. The van der Waals surface area contributed by atoms with Crippen LogP contribution in [0.5, 0.6) is 0 Å². The lowest BCUT2D eigenvalue weighted by atomic mass is 10.3. The van der Waals surface area contributed by atoms with Crippen LogP contribution in [0.15, 0.2) is 71.8 Å². The molecule has 0 spiro atoms.